The number of carbonyl (C=O) groups is 2. The molecule has 6 heteroatoms. The lowest BCUT2D eigenvalue weighted by Gasteiger charge is -2.05. The van der Waals surface area contributed by atoms with Crippen molar-refractivity contribution in [1.82, 2.24) is 9.61 Å². The minimum atomic E-state index is -0.414. The van der Waals surface area contributed by atoms with Crippen LogP contribution in [-0.2, 0) is 0 Å². The number of furan rings is 1. The summed E-state index contributed by atoms with van der Waals surface area (Å²) >= 11 is 0. The van der Waals surface area contributed by atoms with E-state index in [2.05, 4.69) is 10.4 Å². The van der Waals surface area contributed by atoms with Gasteiger partial charge in [-0.1, -0.05) is 48.0 Å². The van der Waals surface area contributed by atoms with Crippen LogP contribution in [0.4, 0.5) is 5.69 Å². The van der Waals surface area contributed by atoms with Crippen molar-refractivity contribution < 1.29 is 14.0 Å². The van der Waals surface area contributed by atoms with Gasteiger partial charge in [-0.3, -0.25) is 9.59 Å². The molecule has 5 aromatic rings. The molecule has 0 atom stereocenters. The van der Waals surface area contributed by atoms with Crippen LogP contribution in [0.2, 0.25) is 0 Å². The fraction of sp³-hybridized carbons (Fsp3) is 0.0417. The van der Waals surface area contributed by atoms with Crippen LogP contribution in [0.5, 0.6) is 0 Å². The Hall–Kier alpha value is -4.19. The number of benzene rings is 2. The molecule has 30 heavy (non-hydrogen) atoms. The van der Waals surface area contributed by atoms with Crippen LogP contribution in [0.15, 0.2) is 83.4 Å². The van der Waals surface area contributed by atoms with E-state index in [-0.39, 0.29) is 17.2 Å². The first-order valence-corrected chi connectivity index (χ1v) is 9.49. The summed E-state index contributed by atoms with van der Waals surface area (Å²) in [4.78, 5) is 26.1. The van der Waals surface area contributed by atoms with Gasteiger partial charge in [0.15, 0.2) is 11.5 Å². The Kier molecular flexibility index (Phi) is 4.17. The number of nitrogens with zero attached hydrogens (tertiary/aromatic N) is 2. The highest BCUT2D eigenvalue weighted by atomic mass is 16.3. The van der Waals surface area contributed by atoms with E-state index in [0.29, 0.717) is 22.2 Å². The number of aryl methyl sites for hydroxylation is 1. The van der Waals surface area contributed by atoms with Gasteiger partial charge in [-0.2, -0.15) is 5.10 Å². The molecular weight excluding hydrogens is 378 g/mol. The van der Waals surface area contributed by atoms with Gasteiger partial charge in [-0.25, -0.2) is 4.52 Å². The molecular formula is C24H17N3O3. The molecule has 3 heterocycles. The lowest BCUT2D eigenvalue weighted by atomic mass is 10.1. The first kappa shape index (κ1) is 17.9. The van der Waals surface area contributed by atoms with Crippen LogP contribution < -0.4 is 5.32 Å². The third-order valence-corrected chi connectivity index (χ3v) is 4.96. The van der Waals surface area contributed by atoms with E-state index in [9.17, 15) is 9.59 Å². The average molecular weight is 395 g/mol. The molecule has 2 aromatic carbocycles. The van der Waals surface area contributed by atoms with E-state index in [1.807, 2.05) is 55.5 Å². The number of para-hydroxylation sites is 1. The van der Waals surface area contributed by atoms with Gasteiger partial charge in [0.2, 0.25) is 5.78 Å². The highest BCUT2D eigenvalue weighted by molar-refractivity contribution is 6.18. The van der Waals surface area contributed by atoms with Crippen molar-refractivity contribution in [3.63, 3.8) is 0 Å². The van der Waals surface area contributed by atoms with Crippen molar-refractivity contribution in [2.45, 2.75) is 6.92 Å². The summed E-state index contributed by atoms with van der Waals surface area (Å²) in [5, 5.41) is 7.81. The van der Waals surface area contributed by atoms with Crippen LogP contribution in [0.3, 0.4) is 0 Å². The molecule has 0 saturated carbocycles. The molecule has 0 aliphatic rings. The first-order chi connectivity index (χ1) is 14.6. The van der Waals surface area contributed by atoms with Crippen molar-refractivity contribution in [2.24, 2.45) is 0 Å². The predicted octanol–water partition coefficient (Wildman–Crippen LogP) is 4.87. The number of pyridine rings is 1. The maximum absolute atomic E-state index is 13.1. The second-order valence-electron chi connectivity index (χ2n) is 7.05. The van der Waals surface area contributed by atoms with Gasteiger partial charge in [-0.05, 0) is 37.3 Å². The van der Waals surface area contributed by atoms with E-state index < -0.39 is 5.91 Å². The molecule has 1 amide bonds. The Morgan fingerprint density at radius 2 is 1.73 bits per heavy atom. The van der Waals surface area contributed by atoms with Crippen molar-refractivity contribution in [3.05, 3.63) is 102 Å². The molecule has 0 saturated heterocycles. The smallest absolute Gasteiger partial charge is 0.276 e. The topological polar surface area (TPSA) is 76.6 Å². The van der Waals surface area contributed by atoms with Crippen LogP contribution in [0, 0.1) is 6.92 Å². The zero-order valence-electron chi connectivity index (χ0n) is 16.1. The molecule has 3 aromatic heterocycles. The third-order valence-electron chi connectivity index (χ3n) is 4.96. The molecule has 1 N–H and O–H groups in total. The van der Waals surface area contributed by atoms with Crippen LogP contribution in [0.25, 0.3) is 16.5 Å². The predicted molar refractivity (Wildman–Crippen MR) is 114 cm³/mol. The van der Waals surface area contributed by atoms with Gasteiger partial charge in [0, 0.05) is 17.1 Å². The zero-order valence-corrected chi connectivity index (χ0v) is 16.1. The molecule has 0 spiro atoms. The van der Waals surface area contributed by atoms with Crippen molar-refractivity contribution in [3.8, 4) is 0 Å². The molecule has 146 valence electrons. The van der Waals surface area contributed by atoms with Crippen molar-refractivity contribution in [1.29, 1.82) is 0 Å². The van der Waals surface area contributed by atoms with E-state index in [1.165, 1.54) is 0 Å². The van der Waals surface area contributed by atoms with Gasteiger partial charge in [0.25, 0.3) is 5.91 Å². The minimum Gasteiger partial charge on any atom is -0.450 e. The molecule has 0 aliphatic heterocycles. The second kappa shape index (κ2) is 7.00. The van der Waals surface area contributed by atoms with Gasteiger partial charge in [0.05, 0.1) is 11.2 Å². The summed E-state index contributed by atoms with van der Waals surface area (Å²) in [7, 11) is 0. The fourth-order valence-electron chi connectivity index (χ4n) is 3.39. The molecule has 6 nitrogen and oxygen atoms in total. The van der Waals surface area contributed by atoms with Crippen molar-refractivity contribution >= 4 is 33.9 Å². The quantitative estimate of drug-likeness (QED) is 0.440. The standard InChI is InChI=1S/C24H17N3O3/c1-15-9-11-16(12-10-15)22(28)23-21(18-7-2-3-8-20(18)30-23)25-24(29)19-14-17-6-4-5-13-27(17)26-19/h2-14H,1H3,(H,25,29). The second-order valence-corrected chi connectivity index (χ2v) is 7.05. The number of hydrogen-bond acceptors (Lipinski definition) is 4. The number of hydrogen-bond donors (Lipinski definition) is 1. The first-order valence-electron chi connectivity index (χ1n) is 9.49. The Labute approximate surface area is 171 Å². The summed E-state index contributed by atoms with van der Waals surface area (Å²) in [6, 6.07) is 21.7. The number of amides is 1. The van der Waals surface area contributed by atoms with Gasteiger partial charge >= 0.3 is 0 Å². The van der Waals surface area contributed by atoms with E-state index in [0.717, 1.165) is 11.1 Å². The minimum absolute atomic E-state index is 0.0946. The average Bonchev–Trinajstić information content (AvgIpc) is 3.36. The summed E-state index contributed by atoms with van der Waals surface area (Å²) in [5.41, 5.74) is 3.46. The number of rotatable bonds is 4. The zero-order chi connectivity index (χ0) is 20.7. The molecule has 0 unspecified atom stereocenters. The number of ketones is 1. The fourth-order valence-corrected chi connectivity index (χ4v) is 3.39. The van der Waals surface area contributed by atoms with Crippen LogP contribution in [0.1, 0.15) is 32.2 Å². The molecule has 0 aliphatic carbocycles. The number of nitrogens with one attached hydrogen (secondary N) is 1. The SMILES string of the molecule is Cc1ccc(C(=O)c2oc3ccccc3c2NC(=O)c2cc3ccccn3n2)cc1. The summed E-state index contributed by atoms with van der Waals surface area (Å²) < 4.78 is 7.48. The summed E-state index contributed by atoms with van der Waals surface area (Å²) in [5.74, 6) is -0.614. The van der Waals surface area contributed by atoms with Gasteiger partial charge in [-0.15, -0.1) is 0 Å². The maximum Gasteiger partial charge on any atom is 0.276 e. The lowest BCUT2D eigenvalue weighted by molar-refractivity contribution is 0.101. The van der Waals surface area contributed by atoms with Crippen LogP contribution in [-0.4, -0.2) is 21.3 Å². The third kappa shape index (κ3) is 3.04. The number of aromatic nitrogens is 2. The summed E-state index contributed by atoms with van der Waals surface area (Å²) in [6.45, 7) is 1.95. The van der Waals surface area contributed by atoms with E-state index in [4.69, 9.17) is 4.42 Å². The largest absolute Gasteiger partial charge is 0.450 e. The normalized spacial score (nSPS) is 11.1. The highest BCUT2D eigenvalue weighted by Gasteiger charge is 2.24. The number of fused-ring (bicyclic) bond motifs is 2. The molecule has 0 radical (unpaired) electrons. The summed E-state index contributed by atoms with van der Waals surface area (Å²) in [6.07, 6.45) is 1.77. The van der Waals surface area contributed by atoms with Gasteiger partial charge < -0.3 is 9.73 Å². The van der Waals surface area contributed by atoms with Crippen molar-refractivity contribution in [2.75, 3.05) is 5.32 Å². The molecule has 0 fully saturated rings. The number of anilines is 1. The van der Waals surface area contributed by atoms with Gasteiger partial charge in [0.1, 0.15) is 5.58 Å². The Balaban J connectivity index is 1.57. The monoisotopic (exact) mass is 395 g/mol. The Bertz CT molecular complexity index is 1380. The molecule has 0 bridgehead atoms. The van der Waals surface area contributed by atoms with Crippen LogP contribution >= 0.6 is 0 Å². The number of carbonyl (C=O) groups excluding carboxylic acids is 2. The highest BCUT2D eigenvalue weighted by Crippen LogP contribution is 2.33. The van der Waals surface area contributed by atoms with E-state index in [1.54, 1.807) is 35.0 Å². The molecule has 5 rings (SSSR count). The van der Waals surface area contributed by atoms with E-state index >= 15 is 0 Å². The maximum atomic E-state index is 13.1. The Morgan fingerprint density at radius 3 is 2.53 bits per heavy atom. The lowest BCUT2D eigenvalue weighted by Crippen LogP contribution is -2.15. The Morgan fingerprint density at radius 1 is 0.967 bits per heavy atom.